The zero-order valence-corrected chi connectivity index (χ0v) is 16.0. The van der Waals surface area contributed by atoms with Crippen molar-refractivity contribution >= 4 is 27.3 Å². The molecular formula is C19H21N3O4S. The molecule has 8 heteroatoms. The molecule has 0 atom stereocenters. The minimum absolute atomic E-state index is 0.0307. The van der Waals surface area contributed by atoms with Crippen molar-refractivity contribution in [1.29, 1.82) is 5.26 Å². The Kier molecular flexibility index (Phi) is 6.79. The number of carbonyl (C=O) groups is 1. The second-order valence-electron chi connectivity index (χ2n) is 5.75. The van der Waals surface area contributed by atoms with Crippen LogP contribution in [-0.2, 0) is 14.8 Å². The minimum atomic E-state index is -3.60. The van der Waals surface area contributed by atoms with Crippen LogP contribution in [0.25, 0.3) is 0 Å². The van der Waals surface area contributed by atoms with E-state index >= 15 is 0 Å². The molecule has 1 amide bonds. The van der Waals surface area contributed by atoms with Gasteiger partial charge in [0.15, 0.2) is 0 Å². The Morgan fingerprint density at radius 3 is 2.52 bits per heavy atom. The maximum atomic E-state index is 12.2. The molecule has 0 radical (unpaired) electrons. The van der Waals surface area contributed by atoms with Crippen LogP contribution in [-0.4, -0.2) is 33.7 Å². The monoisotopic (exact) mass is 387 g/mol. The molecule has 0 aromatic heterocycles. The van der Waals surface area contributed by atoms with Crippen molar-refractivity contribution in [2.24, 2.45) is 0 Å². The fraction of sp³-hybridized carbons (Fsp3) is 0.263. The number of hydrogen-bond donors (Lipinski definition) is 1. The lowest BCUT2D eigenvalue weighted by atomic mass is 10.2. The Hall–Kier alpha value is -3.05. The topological polar surface area (TPSA) is 99.5 Å². The minimum Gasteiger partial charge on any atom is -0.494 e. The highest BCUT2D eigenvalue weighted by Crippen LogP contribution is 2.20. The van der Waals surface area contributed by atoms with Crippen LogP contribution in [0.5, 0.6) is 5.75 Å². The highest BCUT2D eigenvalue weighted by atomic mass is 32.2. The van der Waals surface area contributed by atoms with E-state index in [9.17, 15) is 13.2 Å². The normalized spacial score (nSPS) is 10.7. The van der Waals surface area contributed by atoms with Crippen LogP contribution in [0.4, 0.5) is 11.4 Å². The van der Waals surface area contributed by atoms with Crippen LogP contribution in [0.1, 0.15) is 18.9 Å². The first-order valence-electron chi connectivity index (χ1n) is 8.34. The fourth-order valence-electron chi connectivity index (χ4n) is 2.44. The van der Waals surface area contributed by atoms with Crippen molar-refractivity contribution in [3.8, 4) is 11.8 Å². The van der Waals surface area contributed by atoms with Crippen molar-refractivity contribution in [2.75, 3.05) is 29.0 Å². The van der Waals surface area contributed by atoms with Gasteiger partial charge in [-0.15, -0.1) is 0 Å². The number of nitrogens with zero attached hydrogens (tertiary/aromatic N) is 2. The second-order valence-corrected chi connectivity index (χ2v) is 7.66. The zero-order chi connectivity index (χ0) is 19.9. The molecule has 0 heterocycles. The number of sulfonamides is 1. The highest BCUT2D eigenvalue weighted by Gasteiger charge is 2.19. The molecule has 1 N–H and O–H groups in total. The number of nitriles is 1. The molecule has 27 heavy (non-hydrogen) atoms. The lowest BCUT2D eigenvalue weighted by Gasteiger charge is -2.22. The van der Waals surface area contributed by atoms with Gasteiger partial charge in [-0.25, -0.2) is 8.42 Å². The van der Waals surface area contributed by atoms with Gasteiger partial charge in [-0.05, 0) is 49.4 Å². The first kappa shape index (κ1) is 20.3. The number of nitrogens with one attached hydrogen (secondary N) is 1. The Labute approximate surface area is 159 Å². The van der Waals surface area contributed by atoms with Crippen molar-refractivity contribution in [2.45, 2.75) is 13.3 Å². The number of ether oxygens (including phenoxy) is 1. The maximum Gasteiger partial charge on any atom is 0.232 e. The van der Waals surface area contributed by atoms with Crippen molar-refractivity contribution in [3.63, 3.8) is 0 Å². The summed E-state index contributed by atoms with van der Waals surface area (Å²) in [5, 5.41) is 11.7. The van der Waals surface area contributed by atoms with Crippen LogP contribution >= 0.6 is 0 Å². The van der Waals surface area contributed by atoms with Crippen molar-refractivity contribution in [3.05, 3.63) is 54.1 Å². The molecule has 0 aliphatic heterocycles. The highest BCUT2D eigenvalue weighted by molar-refractivity contribution is 7.92. The summed E-state index contributed by atoms with van der Waals surface area (Å²) in [5.41, 5.74) is 1.30. The van der Waals surface area contributed by atoms with Gasteiger partial charge in [0.05, 0.1) is 30.2 Å². The zero-order valence-electron chi connectivity index (χ0n) is 15.2. The summed E-state index contributed by atoms with van der Waals surface area (Å²) in [5.74, 6) is 0.389. The van der Waals surface area contributed by atoms with Crippen molar-refractivity contribution in [1.82, 2.24) is 0 Å². The third-order valence-corrected chi connectivity index (χ3v) is 4.85. The SMILES string of the molecule is CCOc1ccc(NC(=O)CCN(c2cccc(C#N)c2)S(C)(=O)=O)cc1. The molecule has 0 bridgehead atoms. The summed E-state index contributed by atoms with van der Waals surface area (Å²) in [4.78, 5) is 12.2. The average Bonchev–Trinajstić information content (AvgIpc) is 2.63. The van der Waals surface area contributed by atoms with Gasteiger partial charge in [0.1, 0.15) is 5.75 Å². The quantitative estimate of drug-likeness (QED) is 0.751. The van der Waals surface area contributed by atoms with Gasteiger partial charge in [0.25, 0.3) is 0 Å². The number of hydrogen-bond acceptors (Lipinski definition) is 5. The summed E-state index contributed by atoms with van der Waals surface area (Å²) in [6.45, 7) is 2.41. The number of amides is 1. The van der Waals surface area contributed by atoms with Crippen LogP contribution < -0.4 is 14.4 Å². The summed E-state index contributed by atoms with van der Waals surface area (Å²) in [6, 6.07) is 15.2. The van der Waals surface area contributed by atoms with E-state index in [4.69, 9.17) is 10.00 Å². The van der Waals surface area contributed by atoms with Gasteiger partial charge in [-0.3, -0.25) is 9.10 Å². The lowest BCUT2D eigenvalue weighted by molar-refractivity contribution is -0.116. The molecule has 142 valence electrons. The predicted molar refractivity (Wildman–Crippen MR) is 104 cm³/mol. The standard InChI is InChI=1S/C19H21N3O4S/c1-3-26-18-9-7-16(8-10-18)21-19(23)11-12-22(27(2,24)25)17-6-4-5-15(13-17)14-20/h4-10,13H,3,11-12H2,1-2H3,(H,21,23). The van der Waals surface area contributed by atoms with Gasteiger partial charge >= 0.3 is 0 Å². The third kappa shape index (κ3) is 6.01. The number of benzene rings is 2. The van der Waals surface area contributed by atoms with E-state index in [-0.39, 0.29) is 18.9 Å². The second kappa shape index (κ2) is 9.05. The Bertz CT molecular complexity index is 934. The smallest absolute Gasteiger partial charge is 0.232 e. The fourth-order valence-corrected chi connectivity index (χ4v) is 3.36. The molecule has 7 nitrogen and oxygen atoms in total. The first-order chi connectivity index (χ1) is 12.8. The Balaban J connectivity index is 2.04. The number of carbonyl (C=O) groups excluding carboxylic acids is 1. The molecule has 2 rings (SSSR count). The van der Waals surface area contributed by atoms with Gasteiger partial charge in [-0.1, -0.05) is 6.07 Å². The lowest BCUT2D eigenvalue weighted by Crippen LogP contribution is -2.33. The van der Waals surface area contributed by atoms with E-state index in [0.717, 1.165) is 10.6 Å². The molecule has 0 saturated carbocycles. The van der Waals surface area contributed by atoms with Gasteiger partial charge in [0.2, 0.25) is 15.9 Å². The molecule has 0 aliphatic carbocycles. The molecule has 0 saturated heterocycles. The molecule has 0 aliphatic rings. The van der Waals surface area contributed by atoms with Gasteiger partial charge < -0.3 is 10.1 Å². The summed E-state index contributed by atoms with van der Waals surface area (Å²) in [7, 11) is -3.60. The third-order valence-electron chi connectivity index (χ3n) is 3.65. The van der Waals surface area contributed by atoms with Gasteiger partial charge in [0, 0.05) is 18.7 Å². The number of rotatable bonds is 8. The first-order valence-corrected chi connectivity index (χ1v) is 10.2. The largest absolute Gasteiger partial charge is 0.494 e. The summed E-state index contributed by atoms with van der Waals surface area (Å²) in [6.07, 6.45) is 1.04. The molecular weight excluding hydrogens is 366 g/mol. The number of anilines is 2. The molecule has 2 aromatic rings. The molecule has 0 spiro atoms. The molecule has 0 fully saturated rings. The van der Waals surface area contributed by atoms with E-state index in [1.807, 2.05) is 13.0 Å². The summed E-state index contributed by atoms with van der Waals surface area (Å²) < 4.78 is 30.7. The van der Waals surface area contributed by atoms with Crippen LogP contribution in [0.2, 0.25) is 0 Å². The van der Waals surface area contributed by atoms with Gasteiger partial charge in [-0.2, -0.15) is 5.26 Å². The van der Waals surface area contributed by atoms with E-state index < -0.39 is 10.0 Å². The maximum absolute atomic E-state index is 12.2. The van der Waals surface area contributed by atoms with E-state index in [2.05, 4.69) is 5.32 Å². The summed E-state index contributed by atoms with van der Waals surface area (Å²) >= 11 is 0. The molecule has 0 unspecified atom stereocenters. The van der Waals surface area contributed by atoms with Crippen LogP contribution in [0.3, 0.4) is 0 Å². The van der Waals surface area contributed by atoms with E-state index in [1.54, 1.807) is 42.5 Å². The van der Waals surface area contributed by atoms with Crippen LogP contribution in [0.15, 0.2) is 48.5 Å². The molecule has 2 aromatic carbocycles. The van der Waals surface area contributed by atoms with E-state index in [1.165, 1.54) is 6.07 Å². The average molecular weight is 387 g/mol. The Morgan fingerprint density at radius 1 is 1.22 bits per heavy atom. The van der Waals surface area contributed by atoms with E-state index in [0.29, 0.717) is 29.3 Å². The van der Waals surface area contributed by atoms with Crippen LogP contribution in [0, 0.1) is 11.3 Å². The van der Waals surface area contributed by atoms with Crippen molar-refractivity contribution < 1.29 is 17.9 Å². The Morgan fingerprint density at radius 2 is 1.93 bits per heavy atom. The predicted octanol–water partition coefficient (Wildman–Crippen LogP) is 2.75.